The molecule has 0 spiro atoms. The van der Waals surface area contributed by atoms with Crippen LogP contribution in [0, 0.1) is 5.82 Å². The first-order valence-electron chi connectivity index (χ1n) is 4.70. The molecule has 0 aliphatic heterocycles. The topological polar surface area (TPSA) is 89.1 Å². The number of anilines is 1. The fourth-order valence-corrected chi connectivity index (χ4v) is 1.38. The maximum Gasteiger partial charge on any atom is 0.354 e. The summed E-state index contributed by atoms with van der Waals surface area (Å²) in [4.78, 5) is 18.1. The lowest BCUT2D eigenvalue weighted by atomic mass is 10.1. The molecule has 5 nitrogen and oxygen atoms in total. The number of hydrogen-bond acceptors (Lipinski definition) is 4. The van der Waals surface area contributed by atoms with E-state index in [4.69, 9.17) is 10.8 Å². The summed E-state index contributed by atoms with van der Waals surface area (Å²) in [5.74, 6) is -1.94. The highest BCUT2D eigenvalue weighted by molar-refractivity contribution is 5.87. The molecule has 2 aromatic rings. The minimum absolute atomic E-state index is 0.146. The second kappa shape index (κ2) is 4.17. The maximum absolute atomic E-state index is 13.5. The van der Waals surface area contributed by atoms with Crippen LogP contribution in [0.2, 0.25) is 0 Å². The minimum atomic E-state index is -1.24. The Hall–Kier alpha value is -2.50. The van der Waals surface area contributed by atoms with Crippen molar-refractivity contribution in [2.75, 3.05) is 5.73 Å². The summed E-state index contributed by atoms with van der Waals surface area (Å²) in [5.41, 5.74) is 5.44. The Morgan fingerprint density at radius 3 is 2.65 bits per heavy atom. The zero-order valence-electron chi connectivity index (χ0n) is 8.59. The van der Waals surface area contributed by atoms with Crippen molar-refractivity contribution in [2.45, 2.75) is 0 Å². The molecule has 86 valence electrons. The fraction of sp³-hybridized carbons (Fsp3) is 0. The van der Waals surface area contributed by atoms with E-state index in [0.717, 1.165) is 0 Å². The Morgan fingerprint density at radius 1 is 1.29 bits per heavy atom. The molecule has 0 bridgehead atoms. The van der Waals surface area contributed by atoms with Crippen molar-refractivity contribution in [3.63, 3.8) is 0 Å². The monoisotopic (exact) mass is 233 g/mol. The van der Waals surface area contributed by atoms with E-state index in [9.17, 15) is 9.18 Å². The Kier molecular flexibility index (Phi) is 2.70. The van der Waals surface area contributed by atoms with Crippen LogP contribution >= 0.6 is 0 Å². The van der Waals surface area contributed by atoms with Crippen molar-refractivity contribution in [2.24, 2.45) is 0 Å². The third kappa shape index (κ3) is 2.20. The second-order valence-electron chi connectivity index (χ2n) is 3.28. The summed E-state index contributed by atoms with van der Waals surface area (Å²) in [6, 6.07) is 7.08. The molecule has 0 aliphatic carbocycles. The third-order valence-electron chi connectivity index (χ3n) is 2.11. The van der Waals surface area contributed by atoms with E-state index in [0.29, 0.717) is 0 Å². The van der Waals surface area contributed by atoms with Gasteiger partial charge in [-0.05, 0) is 18.2 Å². The first-order valence-corrected chi connectivity index (χ1v) is 4.70. The maximum atomic E-state index is 13.5. The molecule has 2 rings (SSSR count). The lowest BCUT2D eigenvalue weighted by Crippen LogP contribution is -2.06. The lowest BCUT2D eigenvalue weighted by Gasteiger charge is -2.04. The summed E-state index contributed by atoms with van der Waals surface area (Å²) >= 11 is 0. The predicted octanol–water partition coefficient (Wildman–Crippen LogP) is 1.56. The van der Waals surface area contributed by atoms with Gasteiger partial charge in [0.15, 0.2) is 5.69 Å². The van der Waals surface area contributed by atoms with E-state index in [-0.39, 0.29) is 22.9 Å². The molecule has 3 N–H and O–H groups in total. The number of nitrogen functional groups attached to an aromatic ring is 1. The van der Waals surface area contributed by atoms with Gasteiger partial charge in [-0.2, -0.15) is 0 Å². The van der Waals surface area contributed by atoms with Crippen molar-refractivity contribution in [1.29, 1.82) is 0 Å². The second-order valence-corrected chi connectivity index (χ2v) is 3.28. The van der Waals surface area contributed by atoms with Gasteiger partial charge in [0.25, 0.3) is 0 Å². The molecule has 1 aromatic carbocycles. The average molecular weight is 233 g/mol. The number of hydrogen-bond donors (Lipinski definition) is 2. The SMILES string of the molecule is Nc1nc(C(=O)O)cc(-c2ccccc2F)n1. The molecule has 0 atom stereocenters. The van der Waals surface area contributed by atoms with E-state index in [1.807, 2.05) is 0 Å². The zero-order valence-corrected chi connectivity index (χ0v) is 8.59. The fourth-order valence-electron chi connectivity index (χ4n) is 1.38. The molecule has 0 saturated carbocycles. The van der Waals surface area contributed by atoms with Gasteiger partial charge in [-0.15, -0.1) is 0 Å². The minimum Gasteiger partial charge on any atom is -0.477 e. The molecular weight excluding hydrogens is 225 g/mol. The number of halogens is 1. The van der Waals surface area contributed by atoms with E-state index in [1.165, 1.54) is 24.3 Å². The van der Waals surface area contributed by atoms with Gasteiger partial charge in [-0.3, -0.25) is 0 Å². The summed E-state index contributed by atoms with van der Waals surface area (Å²) in [6.07, 6.45) is 0. The van der Waals surface area contributed by atoms with Crippen LogP contribution in [-0.2, 0) is 0 Å². The van der Waals surface area contributed by atoms with Gasteiger partial charge < -0.3 is 10.8 Å². The molecule has 0 saturated heterocycles. The highest BCUT2D eigenvalue weighted by atomic mass is 19.1. The summed E-state index contributed by atoms with van der Waals surface area (Å²) in [5, 5.41) is 8.81. The summed E-state index contributed by atoms with van der Waals surface area (Å²) in [7, 11) is 0. The standard InChI is InChI=1S/C11H8FN3O2/c12-7-4-2-1-3-6(7)8-5-9(10(16)17)15-11(13)14-8/h1-5H,(H,16,17)(H2,13,14,15). The van der Waals surface area contributed by atoms with Gasteiger partial charge in [0.1, 0.15) is 5.82 Å². The van der Waals surface area contributed by atoms with Crippen molar-refractivity contribution < 1.29 is 14.3 Å². The number of benzene rings is 1. The number of aromatic carboxylic acids is 1. The molecule has 1 heterocycles. The zero-order chi connectivity index (χ0) is 12.4. The van der Waals surface area contributed by atoms with Crippen LogP contribution in [0.15, 0.2) is 30.3 Å². The van der Waals surface area contributed by atoms with Crippen LogP contribution in [-0.4, -0.2) is 21.0 Å². The van der Waals surface area contributed by atoms with Gasteiger partial charge in [0.05, 0.1) is 5.69 Å². The Morgan fingerprint density at radius 2 is 2.00 bits per heavy atom. The summed E-state index contributed by atoms with van der Waals surface area (Å²) in [6.45, 7) is 0. The molecule has 0 aliphatic rings. The lowest BCUT2D eigenvalue weighted by molar-refractivity contribution is 0.0690. The summed E-state index contributed by atoms with van der Waals surface area (Å²) < 4.78 is 13.5. The molecular formula is C11H8FN3O2. The number of carboxylic acids is 1. The quantitative estimate of drug-likeness (QED) is 0.821. The Bertz CT molecular complexity index is 587. The third-order valence-corrected chi connectivity index (χ3v) is 2.11. The van der Waals surface area contributed by atoms with E-state index in [1.54, 1.807) is 6.07 Å². The number of carboxylic acid groups (broad SMARTS) is 1. The van der Waals surface area contributed by atoms with Crippen molar-refractivity contribution in [3.05, 3.63) is 41.8 Å². The largest absolute Gasteiger partial charge is 0.477 e. The van der Waals surface area contributed by atoms with Gasteiger partial charge >= 0.3 is 5.97 Å². The van der Waals surface area contributed by atoms with Crippen LogP contribution in [0.25, 0.3) is 11.3 Å². The Labute approximate surface area is 95.8 Å². The van der Waals surface area contributed by atoms with E-state index >= 15 is 0 Å². The smallest absolute Gasteiger partial charge is 0.354 e. The molecule has 0 fully saturated rings. The van der Waals surface area contributed by atoms with Crippen LogP contribution in [0.4, 0.5) is 10.3 Å². The van der Waals surface area contributed by atoms with Crippen LogP contribution in [0.5, 0.6) is 0 Å². The van der Waals surface area contributed by atoms with Crippen molar-refractivity contribution in [3.8, 4) is 11.3 Å². The van der Waals surface area contributed by atoms with E-state index < -0.39 is 11.8 Å². The van der Waals surface area contributed by atoms with Crippen LogP contribution in [0.1, 0.15) is 10.5 Å². The number of nitrogens with two attached hydrogens (primary N) is 1. The Balaban J connectivity index is 2.60. The number of carbonyl (C=O) groups is 1. The first-order chi connectivity index (χ1) is 8.08. The van der Waals surface area contributed by atoms with Gasteiger partial charge in [-0.25, -0.2) is 19.2 Å². The number of nitrogens with zero attached hydrogens (tertiary/aromatic N) is 2. The highest BCUT2D eigenvalue weighted by Gasteiger charge is 2.12. The van der Waals surface area contributed by atoms with Crippen molar-refractivity contribution in [1.82, 2.24) is 9.97 Å². The molecule has 0 amide bonds. The van der Waals surface area contributed by atoms with Crippen LogP contribution < -0.4 is 5.73 Å². The van der Waals surface area contributed by atoms with E-state index in [2.05, 4.69) is 9.97 Å². The molecule has 1 aromatic heterocycles. The van der Waals surface area contributed by atoms with Crippen molar-refractivity contribution >= 4 is 11.9 Å². The normalized spacial score (nSPS) is 10.2. The average Bonchev–Trinajstić information content (AvgIpc) is 2.28. The molecule has 17 heavy (non-hydrogen) atoms. The predicted molar refractivity (Wildman–Crippen MR) is 58.8 cm³/mol. The van der Waals surface area contributed by atoms with Crippen LogP contribution in [0.3, 0.4) is 0 Å². The molecule has 0 radical (unpaired) electrons. The van der Waals surface area contributed by atoms with Gasteiger partial charge in [0.2, 0.25) is 5.95 Å². The molecule has 6 heteroatoms. The highest BCUT2D eigenvalue weighted by Crippen LogP contribution is 2.21. The van der Waals surface area contributed by atoms with Gasteiger partial charge in [-0.1, -0.05) is 12.1 Å². The number of rotatable bonds is 2. The van der Waals surface area contributed by atoms with Gasteiger partial charge in [0, 0.05) is 5.56 Å². The molecule has 0 unspecified atom stereocenters. The first kappa shape index (κ1) is 11.0. The number of aromatic nitrogens is 2.